The number of rotatable bonds is 6. The van der Waals surface area contributed by atoms with Gasteiger partial charge in [0.05, 0.1) is 26.9 Å². The summed E-state index contributed by atoms with van der Waals surface area (Å²) in [6, 6.07) is 26.6. The van der Waals surface area contributed by atoms with Crippen molar-refractivity contribution < 1.29 is 43.2 Å². The van der Waals surface area contributed by atoms with E-state index in [1.54, 1.807) is 50.1 Å². The monoisotopic (exact) mass is 803 g/mol. The van der Waals surface area contributed by atoms with Crippen LogP contribution in [0.3, 0.4) is 0 Å². The molecular formula is C46H45NO10S. The smallest absolute Gasteiger partial charge is 0.347 e. The predicted octanol–water partition coefficient (Wildman–Crippen LogP) is 9.06. The molecule has 0 unspecified atom stereocenters. The van der Waals surface area contributed by atoms with E-state index in [2.05, 4.69) is 60.5 Å². The lowest BCUT2D eigenvalue weighted by Crippen LogP contribution is -2.27. The van der Waals surface area contributed by atoms with Gasteiger partial charge in [0.2, 0.25) is 0 Å². The van der Waals surface area contributed by atoms with Crippen molar-refractivity contribution in [3.63, 3.8) is 0 Å². The summed E-state index contributed by atoms with van der Waals surface area (Å²) in [5.41, 5.74) is 7.11. The van der Waals surface area contributed by atoms with Crippen molar-refractivity contribution in [2.45, 2.75) is 42.1 Å². The number of aliphatic carboxylic acids is 2. The topological polar surface area (TPSA) is 145 Å². The number of hydrogen-bond acceptors (Lipinski definition) is 10. The molecular weight excluding hydrogens is 759 g/mol. The fourth-order valence-corrected chi connectivity index (χ4v) is 8.10. The number of carboxylic acid groups (broad SMARTS) is 2. The Morgan fingerprint density at radius 1 is 0.810 bits per heavy atom. The van der Waals surface area contributed by atoms with E-state index in [-0.39, 0.29) is 0 Å². The molecule has 58 heavy (non-hydrogen) atoms. The SMILES string of the molecule is CN1CCC(=C2c3ccccc3Sc3ccccc32)CC1.COc1ccc(-c2c(OC)c3c(OC)c4c(cc3oc2=O)OC(C)(C)C=C4)cc1.O=C(O)C=CC(=O)O. The van der Waals surface area contributed by atoms with E-state index in [0.717, 1.165) is 5.56 Å². The molecule has 5 aromatic rings. The lowest BCUT2D eigenvalue weighted by Gasteiger charge is -2.30. The first-order valence-corrected chi connectivity index (χ1v) is 19.3. The molecule has 2 N–H and O–H groups in total. The largest absolute Gasteiger partial charge is 0.497 e. The summed E-state index contributed by atoms with van der Waals surface area (Å²) in [6.07, 6.45) is 7.41. The maximum Gasteiger partial charge on any atom is 0.347 e. The van der Waals surface area contributed by atoms with Gasteiger partial charge in [0, 0.05) is 41.1 Å². The minimum Gasteiger partial charge on any atom is -0.497 e. The molecule has 300 valence electrons. The Bertz CT molecular complexity index is 2420. The van der Waals surface area contributed by atoms with Gasteiger partial charge in [-0.1, -0.05) is 65.9 Å². The number of carboxylic acids is 2. The van der Waals surface area contributed by atoms with Crippen LogP contribution in [0.15, 0.2) is 122 Å². The fourth-order valence-electron chi connectivity index (χ4n) is 7.01. The first-order chi connectivity index (χ1) is 27.8. The zero-order valence-electron chi connectivity index (χ0n) is 33.2. The lowest BCUT2D eigenvalue weighted by molar-refractivity contribution is -0.134. The van der Waals surface area contributed by atoms with E-state index in [4.69, 9.17) is 33.6 Å². The molecule has 0 radical (unpaired) electrons. The average molecular weight is 804 g/mol. The highest BCUT2D eigenvalue weighted by molar-refractivity contribution is 7.99. The minimum atomic E-state index is -1.26. The minimum absolute atomic E-state index is 0.321. The number of likely N-dealkylation sites (tertiary alicyclic amines) is 1. The van der Waals surface area contributed by atoms with Crippen molar-refractivity contribution >= 4 is 46.3 Å². The van der Waals surface area contributed by atoms with Gasteiger partial charge in [0.15, 0.2) is 0 Å². The molecule has 0 saturated carbocycles. The number of carbonyl (C=O) groups is 2. The first-order valence-electron chi connectivity index (χ1n) is 18.5. The summed E-state index contributed by atoms with van der Waals surface area (Å²) < 4.78 is 28.3. The molecule has 4 aromatic carbocycles. The molecule has 1 saturated heterocycles. The van der Waals surface area contributed by atoms with E-state index >= 15 is 0 Å². The highest BCUT2D eigenvalue weighted by Crippen LogP contribution is 2.49. The van der Waals surface area contributed by atoms with Gasteiger partial charge in [-0.25, -0.2) is 14.4 Å². The molecule has 0 amide bonds. The number of ether oxygens (including phenoxy) is 4. The molecule has 4 heterocycles. The first kappa shape index (κ1) is 41.4. The number of nitrogens with zero attached hydrogens (tertiary/aromatic N) is 1. The van der Waals surface area contributed by atoms with Crippen LogP contribution in [0.2, 0.25) is 0 Å². The van der Waals surface area contributed by atoms with Gasteiger partial charge in [-0.2, -0.15) is 0 Å². The molecule has 8 rings (SSSR count). The van der Waals surface area contributed by atoms with Crippen LogP contribution in [0.25, 0.3) is 33.7 Å². The lowest BCUT2D eigenvalue weighted by atomic mass is 9.88. The van der Waals surface area contributed by atoms with Crippen LogP contribution in [0.1, 0.15) is 43.4 Å². The van der Waals surface area contributed by atoms with E-state index in [1.165, 1.54) is 59.5 Å². The van der Waals surface area contributed by atoms with Crippen molar-refractivity contribution in [2.75, 3.05) is 41.5 Å². The zero-order chi connectivity index (χ0) is 41.6. The summed E-state index contributed by atoms with van der Waals surface area (Å²) in [5.74, 6) is -0.322. The Hall–Kier alpha value is -6.24. The van der Waals surface area contributed by atoms with Gasteiger partial charge < -0.3 is 38.5 Å². The Morgan fingerprint density at radius 3 is 1.91 bits per heavy atom. The maximum absolute atomic E-state index is 12.9. The van der Waals surface area contributed by atoms with Crippen molar-refractivity contribution in [3.8, 4) is 34.1 Å². The predicted molar refractivity (Wildman–Crippen MR) is 225 cm³/mol. The standard InChI is InChI=1S/C23H22O6.C19H19NS.C4H4O4/c1-23(2)11-10-15-16(29-23)12-17-19(20(15)26-4)21(27-5)18(22(24)28-17)13-6-8-14(25-3)9-7-13;1-20-12-10-14(11-13-20)19-15-6-2-4-8-17(15)21-18-9-5-3-7-16(18)19;5-3(6)1-2-4(7)8/h6-12H,1-5H3;2-9H,10-13H2,1H3;1-2H,(H,5,6)(H,7,8). The van der Waals surface area contributed by atoms with Gasteiger partial charge >= 0.3 is 17.6 Å². The molecule has 0 spiro atoms. The summed E-state index contributed by atoms with van der Waals surface area (Å²) in [7, 11) is 6.90. The second-order valence-corrected chi connectivity index (χ2v) is 15.2. The summed E-state index contributed by atoms with van der Waals surface area (Å²) in [5, 5.41) is 16.2. The number of piperidine rings is 1. The normalized spacial score (nSPS) is 15.1. The number of hydrogen-bond donors (Lipinski definition) is 2. The van der Waals surface area contributed by atoms with Gasteiger partial charge in [-0.05, 0) is 92.4 Å². The van der Waals surface area contributed by atoms with Gasteiger partial charge in [-0.15, -0.1) is 0 Å². The van der Waals surface area contributed by atoms with Crippen molar-refractivity contribution in [1.29, 1.82) is 0 Å². The van der Waals surface area contributed by atoms with Crippen molar-refractivity contribution in [1.82, 2.24) is 4.90 Å². The van der Waals surface area contributed by atoms with Crippen LogP contribution in [0.5, 0.6) is 23.0 Å². The Kier molecular flexibility index (Phi) is 12.8. The quantitative estimate of drug-likeness (QED) is 0.122. The average Bonchev–Trinajstić information content (AvgIpc) is 3.21. The number of benzene rings is 4. The molecule has 3 aliphatic heterocycles. The summed E-state index contributed by atoms with van der Waals surface area (Å²) >= 11 is 1.91. The molecule has 12 heteroatoms. The van der Waals surface area contributed by atoms with Crippen molar-refractivity contribution in [3.05, 3.63) is 130 Å². The van der Waals surface area contributed by atoms with Gasteiger partial charge in [0.25, 0.3) is 0 Å². The second kappa shape index (κ2) is 17.9. The fraction of sp³-hybridized carbons (Fsp3) is 0.239. The maximum atomic E-state index is 12.9. The molecule has 1 fully saturated rings. The van der Waals surface area contributed by atoms with E-state index in [0.29, 0.717) is 57.2 Å². The number of methoxy groups -OCH3 is 3. The van der Waals surface area contributed by atoms with Gasteiger partial charge in [-0.3, -0.25) is 0 Å². The molecule has 3 aliphatic rings. The van der Waals surface area contributed by atoms with Crippen LogP contribution in [0.4, 0.5) is 0 Å². The van der Waals surface area contributed by atoms with Crippen LogP contribution >= 0.6 is 11.8 Å². The third kappa shape index (κ3) is 9.14. The zero-order valence-corrected chi connectivity index (χ0v) is 34.0. The van der Waals surface area contributed by atoms with Crippen LogP contribution in [-0.4, -0.2) is 74.1 Å². The Labute approximate surface area is 340 Å². The summed E-state index contributed by atoms with van der Waals surface area (Å²) in [4.78, 5) is 37.2. The van der Waals surface area contributed by atoms with E-state index in [1.807, 2.05) is 37.8 Å². The van der Waals surface area contributed by atoms with E-state index in [9.17, 15) is 14.4 Å². The third-order valence-corrected chi connectivity index (χ3v) is 10.9. The Morgan fingerprint density at radius 2 is 1.38 bits per heavy atom. The highest BCUT2D eigenvalue weighted by Gasteiger charge is 2.29. The van der Waals surface area contributed by atoms with E-state index < -0.39 is 23.2 Å². The molecule has 0 bridgehead atoms. The van der Waals surface area contributed by atoms with Crippen LogP contribution in [0, 0.1) is 0 Å². The summed E-state index contributed by atoms with van der Waals surface area (Å²) in [6.45, 7) is 6.26. The molecule has 0 atom stereocenters. The molecule has 11 nitrogen and oxygen atoms in total. The molecule has 1 aromatic heterocycles. The molecule has 0 aliphatic carbocycles. The second-order valence-electron chi connectivity index (χ2n) is 14.1. The van der Waals surface area contributed by atoms with Gasteiger partial charge in [0.1, 0.15) is 45.1 Å². The van der Waals surface area contributed by atoms with Crippen LogP contribution < -0.4 is 24.6 Å². The highest BCUT2D eigenvalue weighted by atomic mass is 32.2. The van der Waals surface area contributed by atoms with Crippen molar-refractivity contribution in [2.24, 2.45) is 0 Å². The Balaban J connectivity index is 0.000000170. The number of fused-ring (bicyclic) bond motifs is 4. The van der Waals surface area contributed by atoms with Crippen LogP contribution in [-0.2, 0) is 9.59 Å². The third-order valence-electron chi connectivity index (χ3n) is 9.76.